The Morgan fingerprint density at radius 3 is 2.64 bits per heavy atom. The minimum atomic E-state index is 0.950. The Morgan fingerprint density at radius 2 is 1.86 bits per heavy atom. The van der Waals surface area contributed by atoms with E-state index in [4.69, 9.17) is 4.98 Å². The van der Waals surface area contributed by atoms with Gasteiger partial charge in [-0.15, -0.1) is 0 Å². The summed E-state index contributed by atoms with van der Waals surface area (Å²) in [5.41, 5.74) is 3.36. The highest BCUT2D eigenvalue weighted by molar-refractivity contribution is 9.10. The molecule has 0 saturated carbocycles. The molecule has 1 N–H and O–H groups in total. The number of nitrogens with one attached hydrogen (secondary N) is 1. The molecule has 0 unspecified atom stereocenters. The lowest BCUT2D eigenvalue weighted by Gasteiger charge is -2.13. The second-order valence-corrected chi connectivity index (χ2v) is 6.28. The zero-order chi connectivity index (χ0) is 15.4. The quantitative estimate of drug-likeness (QED) is 0.579. The van der Waals surface area contributed by atoms with Gasteiger partial charge in [-0.1, -0.05) is 59.6 Å². The van der Waals surface area contributed by atoms with Gasteiger partial charge in [-0.25, -0.2) is 4.98 Å². The first kappa shape index (κ1) is 15.0. The normalized spacial score (nSPS) is 10.8. The van der Waals surface area contributed by atoms with Crippen molar-refractivity contribution in [2.75, 3.05) is 11.9 Å². The van der Waals surface area contributed by atoms with Crippen molar-refractivity contribution in [2.45, 2.75) is 19.8 Å². The van der Waals surface area contributed by atoms with Crippen LogP contribution in [-0.4, -0.2) is 11.5 Å². The molecule has 0 atom stereocenters. The topological polar surface area (TPSA) is 24.9 Å². The van der Waals surface area contributed by atoms with Gasteiger partial charge < -0.3 is 5.32 Å². The molecule has 0 aliphatic rings. The molecule has 0 aliphatic heterocycles. The molecule has 112 valence electrons. The molecule has 0 bridgehead atoms. The lowest BCUT2D eigenvalue weighted by molar-refractivity contribution is 0.832. The summed E-state index contributed by atoms with van der Waals surface area (Å²) < 4.78 is 1.08. The molecule has 3 heteroatoms. The smallest absolute Gasteiger partial charge is 0.134 e. The third-order valence-electron chi connectivity index (χ3n) is 3.68. The highest BCUT2D eigenvalue weighted by atomic mass is 79.9. The maximum atomic E-state index is 4.83. The van der Waals surface area contributed by atoms with E-state index in [9.17, 15) is 0 Å². The second-order valence-electron chi connectivity index (χ2n) is 5.37. The van der Waals surface area contributed by atoms with Crippen LogP contribution in [-0.2, 0) is 0 Å². The molecular formula is C19H19BrN2. The monoisotopic (exact) mass is 354 g/mol. The highest BCUT2D eigenvalue weighted by Gasteiger charge is 2.09. The van der Waals surface area contributed by atoms with Crippen molar-refractivity contribution in [3.63, 3.8) is 0 Å². The lowest BCUT2D eigenvalue weighted by atomic mass is 10.0. The van der Waals surface area contributed by atoms with Crippen LogP contribution in [0.25, 0.3) is 22.0 Å². The summed E-state index contributed by atoms with van der Waals surface area (Å²) in [6.07, 6.45) is 2.32. The molecule has 1 heterocycles. The highest BCUT2D eigenvalue weighted by Crippen LogP contribution is 2.31. The van der Waals surface area contributed by atoms with Crippen molar-refractivity contribution in [1.29, 1.82) is 0 Å². The number of rotatable bonds is 5. The fraction of sp³-hybridized carbons (Fsp3) is 0.211. The van der Waals surface area contributed by atoms with Crippen LogP contribution in [0.1, 0.15) is 19.8 Å². The van der Waals surface area contributed by atoms with Crippen LogP contribution >= 0.6 is 15.9 Å². The molecule has 1 aromatic heterocycles. The summed E-state index contributed by atoms with van der Waals surface area (Å²) >= 11 is 3.54. The number of pyridine rings is 1. The van der Waals surface area contributed by atoms with E-state index in [0.717, 1.165) is 39.7 Å². The molecular weight excluding hydrogens is 336 g/mol. The van der Waals surface area contributed by atoms with Crippen molar-refractivity contribution in [2.24, 2.45) is 0 Å². The fourth-order valence-electron chi connectivity index (χ4n) is 2.50. The van der Waals surface area contributed by atoms with E-state index in [1.165, 1.54) is 12.0 Å². The van der Waals surface area contributed by atoms with Gasteiger partial charge in [0.1, 0.15) is 5.82 Å². The molecule has 0 aliphatic carbocycles. The number of anilines is 1. The second kappa shape index (κ2) is 6.93. The van der Waals surface area contributed by atoms with E-state index < -0.39 is 0 Å². The Kier molecular flexibility index (Phi) is 4.74. The van der Waals surface area contributed by atoms with Gasteiger partial charge in [-0.2, -0.15) is 0 Å². The number of halogens is 1. The van der Waals surface area contributed by atoms with Gasteiger partial charge in [-0.05, 0) is 36.2 Å². The number of nitrogens with zero attached hydrogens (tertiary/aromatic N) is 1. The minimum Gasteiger partial charge on any atom is -0.370 e. The largest absolute Gasteiger partial charge is 0.370 e. The van der Waals surface area contributed by atoms with Crippen LogP contribution in [0.2, 0.25) is 0 Å². The molecule has 3 rings (SSSR count). The van der Waals surface area contributed by atoms with Gasteiger partial charge in [0.25, 0.3) is 0 Å². The van der Waals surface area contributed by atoms with Crippen LogP contribution in [0.5, 0.6) is 0 Å². The first-order valence-electron chi connectivity index (χ1n) is 7.67. The molecule has 3 aromatic rings. The SMILES string of the molecule is CCCCNc1nc2ccc(Br)cc2cc1-c1ccccc1. The Hall–Kier alpha value is -1.87. The molecule has 0 amide bonds. The zero-order valence-corrected chi connectivity index (χ0v) is 14.2. The molecule has 2 nitrogen and oxygen atoms in total. The number of hydrogen-bond donors (Lipinski definition) is 1. The van der Waals surface area contributed by atoms with Gasteiger partial charge in [0.05, 0.1) is 5.52 Å². The molecule has 22 heavy (non-hydrogen) atoms. The first-order valence-corrected chi connectivity index (χ1v) is 8.47. The van der Waals surface area contributed by atoms with Crippen molar-refractivity contribution >= 4 is 32.7 Å². The van der Waals surface area contributed by atoms with Gasteiger partial charge >= 0.3 is 0 Å². The molecule has 2 aromatic carbocycles. The number of aromatic nitrogens is 1. The standard InChI is InChI=1S/C19H19BrN2/c1-2-3-11-21-19-17(14-7-5-4-6-8-14)13-15-12-16(20)9-10-18(15)22-19/h4-10,12-13H,2-3,11H2,1H3,(H,21,22). The van der Waals surface area contributed by atoms with E-state index in [0.29, 0.717) is 0 Å². The maximum absolute atomic E-state index is 4.83. The Morgan fingerprint density at radius 1 is 1.05 bits per heavy atom. The van der Waals surface area contributed by atoms with Crippen LogP contribution in [0.15, 0.2) is 59.1 Å². The third kappa shape index (κ3) is 3.30. The number of fused-ring (bicyclic) bond motifs is 1. The lowest BCUT2D eigenvalue weighted by Crippen LogP contribution is -2.04. The predicted octanol–water partition coefficient (Wildman–Crippen LogP) is 5.88. The van der Waals surface area contributed by atoms with Gasteiger partial charge in [0, 0.05) is 22.0 Å². The van der Waals surface area contributed by atoms with Crippen molar-refractivity contribution in [3.05, 3.63) is 59.1 Å². The Balaban J connectivity index is 2.10. The van der Waals surface area contributed by atoms with Crippen LogP contribution in [0, 0.1) is 0 Å². The summed E-state index contributed by atoms with van der Waals surface area (Å²) in [5, 5.41) is 4.64. The van der Waals surface area contributed by atoms with E-state index in [1.54, 1.807) is 0 Å². The first-order chi connectivity index (χ1) is 10.8. The van der Waals surface area contributed by atoms with Crippen LogP contribution in [0.4, 0.5) is 5.82 Å². The Labute approximate surface area is 139 Å². The van der Waals surface area contributed by atoms with Gasteiger partial charge in [-0.3, -0.25) is 0 Å². The van der Waals surface area contributed by atoms with Gasteiger partial charge in [0.15, 0.2) is 0 Å². The predicted molar refractivity (Wildman–Crippen MR) is 98.3 cm³/mol. The van der Waals surface area contributed by atoms with Gasteiger partial charge in [0.2, 0.25) is 0 Å². The van der Waals surface area contributed by atoms with E-state index >= 15 is 0 Å². The van der Waals surface area contributed by atoms with Crippen LogP contribution < -0.4 is 5.32 Å². The summed E-state index contributed by atoms with van der Waals surface area (Å²) in [7, 11) is 0. The number of hydrogen-bond acceptors (Lipinski definition) is 2. The Bertz CT molecular complexity index is 769. The van der Waals surface area contributed by atoms with Crippen molar-refractivity contribution in [1.82, 2.24) is 4.98 Å². The van der Waals surface area contributed by atoms with Crippen molar-refractivity contribution in [3.8, 4) is 11.1 Å². The third-order valence-corrected chi connectivity index (χ3v) is 4.18. The maximum Gasteiger partial charge on any atom is 0.134 e. The minimum absolute atomic E-state index is 0.950. The summed E-state index contributed by atoms with van der Waals surface area (Å²) in [5.74, 6) is 0.967. The summed E-state index contributed by atoms with van der Waals surface area (Å²) in [6.45, 7) is 3.15. The molecule has 0 saturated heterocycles. The zero-order valence-electron chi connectivity index (χ0n) is 12.6. The summed E-state index contributed by atoms with van der Waals surface area (Å²) in [4.78, 5) is 4.83. The van der Waals surface area contributed by atoms with Crippen molar-refractivity contribution < 1.29 is 0 Å². The summed E-state index contributed by atoms with van der Waals surface area (Å²) in [6, 6.07) is 18.9. The molecule has 0 radical (unpaired) electrons. The fourth-order valence-corrected chi connectivity index (χ4v) is 2.88. The number of unbranched alkanes of at least 4 members (excludes halogenated alkanes) is 1. The van der Waals surface area contributed by atoms with Crippen LogP contribution in [0.3, 0.4) is 0 Å². The molecule has 0 fully saturated rings. The van der Waals surface area contributed by atoms with E-state index in [1.807, 2.05) is 12.1 Å². The average Bonchev–Trinajstić information content (AvgIpc) is 2.55. The average molecular weight is 355 g/mol. The van der Waals surface area contributed by atoms with E-state index in [-0.39, 0.29) is 0 Å². The number of benzene rings is 2. The van der Waals surface area contributed by atoms with E-state index in [2.05, 4.69) is 70.6 Å². The molecule has 0 spiro atoms.